The molecule has 1 heterocycles. The summed E-state index contributed by atoms with van der Waals surface area (Å²) in [6.45, 7) is 1.88. The van der Waals surface area contributed by atoms with Crippen molar-refractivity contribution in [2.45, 2.75) is 6.92 Å². The van der Waals surface area contributed by atoms with Crippen LogP contribution in [0.1, 0.15) is 26.5 Å². The lowest BCUT2D eigenvalue weighted by Crippen LogP contribution is -2.18. The number of aromatic nitrogens is 1. The van der Waals surface area contributed by atoms with Crippen molar-refractivity contribution in [1.82, 2.24) is 4.98 Å². The molecule has 5 nitrogen and oxygen atoms in total. The molecule has 0 saturated heterocycles. The lowest BCUT2D eigenvalue weighted by Gasteiger charge is -2.09. The molecule has 0 aliphatic heterocycles. The second kappa shape index (κ2) is 7.57. The number of pyridine rings is 1. The summed E-state index contributed by atoms with van der Waals surface area (Å²) in [5, 5.41) is 5.38. The second-order valence-corrected chi connectivity index (χ2v) is 5.64. The Balaban J connectivity index is 1.75. The molecule has 0 unspecified atom stereocenters. The van der Waals surface area contributed by atoms with Crippen LogP contribution in [0.2, 0.25) is 0 Å². The molecule has 26 heavy (non-hydrogen) atoms. The van der Waals surface area contributed by atoms with E-state index in [0.29, 0.717) is 11.4 Å². The summed E-state index contributed by atoms with van der Waals surface area (Å²) < 4.78 is 12.9. The van der Waals surface area contributed by atoms with Gasteiger partial charge >= 0.3 is 0 Å². The smallest absolute Gasteiger partial charge is 0.274 e. The van der Waals surface area contributed by atoms with Crippen molar-refractivity contribution < 1.29 is 14.0 Å². The second-order valence-electron chi connectivity index (χ2n) is 5.64. The van der Waals surface area contributed by atoms with Gasteiger partial charge in [-0.05, 0) is 55.0 Å². The Morgan fingerprint density at radius 1 is 0.808 bits per heavy atom. The highest BCUT2D eigenvalue weighted by atomic mass is 19.1. The van der Waals surface area contributed by atoms with E-state index >= 15 is 0 Å². The number of aryl methyl sites for hydroxylation is 1. The molecule has 3 aromatic rings. The number of nitrogens with zero attached hydrogens (tertiary/aromatic N) is 1. The van der Waals surface area contributed by atoms with E-state index in [0.717, 1.165) is 5.56 Å². The van der Waals surface area contributed by atoms with Crippen molar-refractivity contribution >= 4 is 23.2 Å². The van der Waals surface area contributed by atoms with Gasteiger partial charge in [0.2, 0.25) is 0 Å². The van der Waals surface area contributed by atoms with Crippen LogP contribution in [0, 0.1) is 12.7 Å². The number of benzene rings is 2. The van der Waals surface area contributed by atoms with Crippen molar-refractivity contribution in [3.05, 3.63) is 89.5 Å². The Morgan fingerprint density at radius 3 is 2.08 bits per heavy atom. The molecule has 2 N–H and O–H groups in total. The lowest BCUT2D eigenvalue weighted by atomic mass is 10.2. The molecule has 0 aliphatic carbocycles. The van der Waals surface area contributed by atoms with Gasteiger partial charge in [-0.2, -0.15) is 0 Å². The molecule has 130 valence electrons. The number of carbonyl (C=O) groups is 2. The first-order valence-electron chi connectivity index (χ1n) is 7.94. The quantitative estimate of drug-likeness (QED) is 0.747. The number of halogens is 1. The van der Waals surface area contributed by atoms with Crippen LogP contribution in [0.3, 0.4) is 0 Å². The van der Waals surface area contributed by atoms with Crippen LogP contribution in [0.25, 0.3) is 0 Å². The van der Waals surface area contributed by atoms with Crippen LogP contribution in [-0.4, -0.2) is 16.8 Å². The Labute approximate surface area is 149 Å². The topological polar surface area (TPSA) is 71.1 Å². The van der Waals surface area contributed by atoms with Crippen LogP contribution in [0.4, 0.5) is 15.8 Å². The normalized spacial score (nSPS) is 10.2. The number of hydrogen-bond donors (Lipinski definition) is 2. The standard InChI is InChI=1S/C20H16FN3O2/c1-13-5-2-3-6-16(13)24-20(26)18-8-4-7-17(23-18)19(25)22-15-11-9-14(21)10-12-15/h2-12H,1H3,(H,22,25)(H,24,26). The van der Waals surface area contributed by atoms with E-state index in [4.69, 9.17) is 0 Å². The van der Waals surface area contributed by atoms with Crippen LogP contribution in [0.5, 0.6) is 0 Å². The number of anilines is 2. The molecular weight excluding hydrogens is 333 g/mol. The SMILES string of the molecule is Cc1ccccc1NC(=O)c1cccc(C(=O)Nc2ccc(F)cc2)n1. The summed E-state index contributed by atoms with van der Waals surface area (Å²) in [6, 6.07) is 17.4. The van der Waals surface area contributed by atoms with Gasteiger partial charge in [0.15, 0.2) is 0 Å². The average molecular weight is 349 g/mol. The molecule has 0 saturated carbocycles. The van der Waals surface area contributed by atoms with Gasteiger partial charge in [-0.1, -0.05) is 24.3 Å². The first kappa shape index (κ1) is 17.3. The summed E-state index contributed by atoms with van der Waals surface area (Å²) in [5.74, 6) is -1.28. The minimum Gasteiger partial charge on any atom is -0.321 e. The van der Waals surface area contributed by atoms with Crippen molar-refractivity contribution in [1.29, 1.82) is 0 Å². The fourth-order valence-electron chi connectivity index (χ4n) is 2.32. The molecule has 0 spiro atoms. The van der Waals surface area contributed by atoms with Crippen LogP contribution in [0.15, 0.2) is 66.7 Å². The third-order valence-corrected chi connectivity index (χ3v) is 3.71. The van der Waals surface area contributed by atoms with Crippen LogP contribution < -0.4 is 10.6 Å². The summed E-state index contributed by atoms with van der Waals surface area (Å²) in [4.78, 5) is 28.8. The van der Waals surface area contributed by atoms with E-state index in [9.17, 15) is 14.0 Å². The maximum atomic E-state index is 12.9. The molecule has 3 rings (SSSR count). The fourth-order valence-corrected chi connectivity index (χ4v) is 2.32. The summed E-state index contributed by atoms with van der Waals surface area (Å²) in [7, 11) is 0. The molecule has 2 aromatic carbocycles. The lowest BCUT2D eigenvalue weighted by molar-refractivity contribution is 0.101. The maximum absolute atomic E-state index is 12.9. The number of nitrogens with one attached hydrogen (secondary N) is 2. The van der Waals surface area contributed by atoms with E-state index < -0.39 is 17.6 Å². The number of para-hydroxylation sites is 1. The molecule has 0 radical (unpaired) electrons. The highest BCUT2D eigenvalue weighted by molar-refractivity contribution is 6.06. The van der Waals surface area contributed by atoms with Crippen molar-refractivity contribution in [2.24, 2.45) is 0 Å². The van der Waals surface area contributed by atoms with Gasteiger partial charge < -0.3 is 10.6 Å². The number of hydrogen-bond acceptors (Lipinski definition) is 3. The predicted octanol–water partition coefficient (Wildman–Crippen LogP) is 4.03. The third-order valence-electron chi connectivity index (χ3n) is 3.71. The van der Waals surface area contributed by atoms with Gasteiger partial charge in [-0.15, -0.1) is 0 Å². The number of carbonyl (C=O) groups excluding carboxylic acids is 2. The number of amides is 2. The molecule has 0 bridgehead atoms. The molecule has 0 fully saturated rings. The van der Waals surface area contributed by atoms with Gasteiger partial charge in [0.25, 0.3) is 11.8 Å². The maximum Gasteiger partial charge on any atom is 0.274 e. The summed E-state index contributed by atoms with van der Waals surface area (Å²) in [5.41, 5.74) is 2.26. The van der Waals surface area contributed by atoms with Gasteiger partial charge in [0, 0.05) is 11.4 Å². The molecule has 0 atom stereocenters. The molecule has 2 amide bonds. The Kier molecular flexibility index (Phi) is 5.03. The first-order valence-corrected chi connectivity index (χ1v) is 7.94. The Bertz CT molecular complexity index is 955. The zero-order valence-electron chi connectivity index (χ0n) is 14.0. The highest BCUT2D eigenvalue weighted by Crippen LogP contribution is 2.15. The molecule has 6 heteroatoms. The largest absolute Gasteiger partial charge is 0.321 e. The third kappa shape index (κ3) is 4.10. The minimum absolute atomic E-state index is 0.0896. The van der Waals surface area contributed by atoms with E-state index in [1.807, 2.05) is 25.1 Å². The van der Waals surface area contributed by atoms with E-state index in [2.05, 4.69) is 15.6 Å². The van der Waals surface area contributed by atoms with Crippen LogP contribution >= 0.6 is 0 Å². The van der Waals surface area contributed by atoms with Crippen molar-refractivity contribution in [3.63, 3.8) is 0 Å². The Hall–Kier alpha value is -3.54. The minimum atomic E-state index is -0.484. The van der Waals surface area contributed by atoms with Crippen molar-refractivity contribution in [3.8, 4) is 0 Å². The van der Waals surface area contributed by atoms with E-state index in [-0.39, 0.29) is 11.4 Å². The average Bonchev–Trinajstić information content (AvgIpc) is 2.65. The van der Waals surface area contributed by atoms with Gasteiger partial charge in [0.05, 0.1) is 0 Å². The zero-order chi connectivity index (χ0) is 18.5. The molecule has 0 aliphatic rings. The van der Waals surface area contributed by atoms with Crippen molar-refractivity contribution in [2.75, 3.05) is 10.6 Å². The van der Waals surface area contributed by atoms with Crippen LogP contribution in [-0.2, 0) is 0 Å². The highest BCUT2D eigenvalue weighted by Gasteiger charge is 2.13. The Morgan fingerprint density at radius 2 is 1.42 bits per heavy atom. The van der Waals surface area contributed by atoms with Gasteiger partial charge in [0.1, 0.15) is 17.2 Å². The molecule has 1 aromatic heterocycles. The van der Waals surface area contributed by atoms with E-state index in [1.54, 1.807) is 12.1 Å². The zero-order valence-corrected chi connectivity index (χ0v) is 14.0. The summed E-state index contributed by atoms with van der Waals surface area (Å²) in [6.07, 6.45) is 0. The number of rotatable bonds is 4. The van der Waals surface area contributed by atoms with Gasteiger partial charge in [-0.25, -0.2) is 9.37 Å². The van der Waals surface area contributed by atoms with E-state index in [1.165, 1.54) is 36.4 Å². The summed E-state index contributed by atoms with van der Waals surface area (Å²) >= 11 is 0. The monoisotopic (exact) mass is 349 g/mol. The fraction of sp³-hybridized carbons (Fsp3) is 0.0500. The molecular formula is C20H16FN3O2. The predicted molar refractivity (Wildman–Crippen MR) is 97.7 cm³/mol. The first-order chi connectivity index (χ1) is 12.5. The van der Waals surface area contributed by atoms with Gasteiger partial charge in [-0.3, -0.25) is 9.59 Å².